The summed E-state index contributed by atoms with van der Waals surface area (Å²) in [7, 11) is 0. The molecule has 1 aromatic carbocycles. The molecule has 0 aliphatic rings. The van der Waals surface area contributed by atoms with Crippen LogP contribution in [0.5, 0.6) is 0 Å². The topological polar surface area (TPSA) is 59.0 Å². The molecule has 1 aromatic heterocycles. The Bertz CT molecular complexity index is 578. The molecule has 1 unspecified atom stereocenters. The Morgan fingerprint density at radius 1 is 1.32 bits per heavy atom. The highest BCUT2D eigenvalue weighted by Crippen LogP contribution is 2.26. The number of urea groups is 1. The number of aromatic nitrogens is 2. The number of imidazole rings is 1. The van der Waals surface area contributed by atoms with Crippen molar-refractivity contribution >= 4 is 6.03 Å². The number of rotatable bonds is 6. The van der Waals surface area contributed by atoms with E-state index in [9.17, 15) is 4.79 Å². The predicted molar refractivity (Wildman–Crippen MR) is 87.7 cm³/mol. The van der Waals surface area contributed by atoms with Crippen LogP contribution in [0.4, 0.5) is 4.79 Å². The molecule has 1 heterocycles. The zero-order valence-corrected chi connectivity index (χ0v) is 13.4. The SMILES string of the molecule is CC(NC(=O)NCCn1ccnc1)C(C)(C)c1ccccc1. The van der Waals surface area contributed by atoms with Crippen molar-refractivity contribution in [3.8, 4) is 0 Å². The molecule has 5 nitrogen and oxygen atoms in total. The van der Waals surface area contributed by atoms with Gasteiger partial charge in [-0.05, 0) is 12.5 Å². The molecule has 2 N–H and O–H groups in total. The van der Waals surface area contributed by atoms with Crippen LogP contribution < -0.4 is 10.6 Å². The number of nitrogens with zero attached hydrogens (tertiary/aromatic N) is 2. The quantitative estimate of drug-likeness (QED) is 0.861. The summed E-state index contributed by atoms with van der Waals surface area (Å²) in [5.41, 5.74) is 1.07. The van der Waals surface area contributed by atoms with E-state index in [0.29, 0.717) is 13.1 Å². The van der Waals surface area contributed by atoms with Gasteiger partial charge in [0.1, 0.15) is 0 Å². The minimum atomic E-state index is -0.142. The van der Waals surface area contributed by atoms with Gasteiger partial charge in [-0.15, -0.1) is 0 Å². The van der Waals surface area contributed by atoms with Gasteiger partial charge < -0.3 is 15.2 Å². The average Bonchev–Trinajstić information content (AvgIpc) is 3.01. The molecule has 0 saturated carbocycles. The number of carbonyl (C=O) groups is 1. The minimum Gasteiger partial charge on any atom is -0.336 e. The summed E-state index contributed by atoms with van der Waals surface area (Å²) in [5.74, 6) is 0. The maximum atomic E-state index is 12.0. The molecule has 118 valence electrons. The van der Waals surface area contributed by atoms with Crippen molar-refractivity contribution in [1.29, 1.82) is 0 Å². The third-order valence-electron chi connectivity index (χ3n) is 4.16. The van der Waals surface area contributed by atoms with E-state index in [1.54, 1.807) is 12.5 Å². The lowest BCUT2D eigenvalue weighted by atomic mass is 9.78. The van der Waals surface area contributed by atoms with Crippen molar-refractivity contribution < 1.29 is 4.79 Å². The highest BCUT2D eigenvalue weighted by Gasteiger charge is 2.28. The van der Waals surface area contributed by atoms with Crippen molar-refractivity contribution in [2.75, 3.05) is 6.54 Å². The van der Waals surface area contributed by atoms with Crippen molar-refractivity contribution in [2.24, 2.45) is 0 Å². The third kappa shape index (κ3) is 4.10. The highest BCUT2D eigenvalue weighted by molar-refractivity contribution is 5.74. The molecule has 2 amide bonds. The molecule has 0 saturated heterocycles. The Morgan fingerprint density at radius 2 is 2.05 bits per heavy atom. The van der Waals surface area contributed by atoms with Gasteiger partial charge in [0.15, 0.2) is 0 Å². The molecule has 0 spiro atoms. The summed E-state index contributed by atoms with van der Waals surface area (Å²) in [5, 5.41) is 5.90. The molecule has 0 radical (unpaired) electrons. The number of nitrogens with one attached hydrogen (secondary N) is 2. The van der Waals surface area contributed by atoms with Crippen LogP contribution in [0.1, 0.15) is 26.3 Å². The lowest BCUT2D eigenvalue weighted by Gasteiger charge is -2.33. The van der Waals surface area contributed by atoms with Gasteiger partial charge in [0.2, 0.25) is 0 Å². The standard InChI is InChI=1S/C17H24N4O/c1-14(17(2,3)15-7-5-4-6-8-15)20-16(22)19-10-12-21-11-9-18-13-21/h4-9,11,13-14H,10,12H2,1-3H3,(H2,19,20,22). The van der Waals surface area contributed by atoms with Crippen LogP contribution in [-0.2, 0) is 12.0 Å². The second-order valence-electron chi connectivity index (χ2n) is 6.01. The van der Waals surface area contributed by atoms with Crippen molar-refractivity contribution in [3.05, 3.63) is 54.6 Å². The number of hydrogen-bond donors (Lipinski definition) is 2. The van der Waals surface area contributed by atoms with Crippen LogP contribution in [0, 0.1) is 0 Å². The second kappa shape index (κ2) is 7.11. The molecule has 0 aliphatic carbocycles. The Labute approximate surface area is 131 Å². The van der Waals surface area contributed by atoms with Crippen LogP contribution in [0.25, 0.3) is 0 Å². The van der Waals surface area contributed by atoms with E-state index in [1.165, 1.54) is 5.56 Å². The lowest BCUT2D eigenvalue weighted by Crippen LogP contribution is -2.49. The van der Waals surface area contributed by atoms with Crippen molar-refractivity contribution in [1.82, 2.24) is 20.2 Å². The molecule has 2 aromatic rings. The maximum absolute atomic E-state index is 12.0. The molecular weight excluding hydrogens is 276 g/mol. The van der Waals surface area contributed by atoms with Crippen LogP contribution in [0.3, 0.4) is 0 Å². The molecule has 5 heteroatoms. The zero-order valence-electron chi connectivity index (χ0n) is 13.4. The fourth-order valence-corrected chi connectivity index (χ4v) is 2.26. The van der Waals surface area contributed by atoms with Gasteiger partial charge in [-0.2, -0.15) is 0 Å². The summed E-state index contributed by atoms with van der Waals surface area (Å²) in [6.45, 7) is 7.59. The average molecular weight is 300 g/mol. The molecule has 0 aliphatic heterocycles. The monoisotopic (exact) mass is 300 g/mol. The van der Waals surface area contributed by atoms with E-state index in [1.807, 2.05) is 35.9 Å². The van der Waals surface area contributed by atoms with E-state index in [2.05, 4.69) is 41.6 Å². The summed E-state index contributed by atoms with van der Waals surface area (Å²) >= 11 is 0. The van der Waals surface area contributed by atoms with Gasteiger partial charge in [0.05, 0.1) is 6.33 Å². The van der Waals surface area contributed by atoms with Crippen molar-refractivity contribution in [2.45, 2.75) is 38.8 Å². The van der Waals surface area contributed by atoms with Gasteiger partial charge in [0.25, 0.3) is 0 Å². The maximum Gasteiger partial charge on any atom is 0.315 e. The Hall–Kier alpha value is -2.30. The summed E-state index contributed by atoms with van der Waals surface area (Å²) in [4.78, 5) is 16.0. The third-order valence-corrected chi connectivity index (χ3v) is 4.16. The number of benzene rings is 1. The largest absolute Gasteiger partial charge is 0.336 e. The Balaban J connectivity index is 1.82. The number of hydrogen-bond acceptors (Lipinski definition) is 2. The van der Waals surface area contributed by atoms with Crippen LogP contribution >= 0.6 is 0 Å². The zero-order chi connectivity index (χ0) is 16.0. The Morgan fingerprint density at radius 3 is 2.68 bits per heavy atom. The predicted octanol–water partition coefficient (Wildman–Crippen LogP) is 2.55. The second-order valence-corrected chi connectivity index (χ2v) is 6.01. The normalized spacial score (nSPS) is 12.7. The van der Waals surface area contributed by atoms with E-state index in [0.717, 1.165) is 0 Å². The molecule has 22 heavy (non-hydrogen) atoms. The van der Waals surface area contributed by atoms with Crippen molar-refractivity contribution in [3.63, 3.8) is 0 Å². The fourth-order valence-electron chi connectivity index (χ4n) is 2.26. The van der Waals surface area contributed by atoms with Crippen LogP contribution in [0.15, 0.2) is 49.1 Å². The Kier molecular flexibility index (Phi) is 5.20. The first-order valence-electron chi connectivity index (χ1n) is 7.56. The van der Waals surface area contributed by atoms with E-state index >= 15 is 0 Å². The minimum absolute atomic E-state index is 0.0168. The highest BCUT2D eigenvalue weighted by atomic mass is 16.2. The van der Waals surface area contributed by atoms with Crippen LogP contribution in [0.2, 0.25) is 0 Å². The van der Waals surface area contributed by atoms with Gasteiger partial charge in [-0.3, -0.25) is 0 Å². The fraction of sp³-hybridized carbons (Fsp3) is 0.412. The number of carbonyl (C=O) groups excluding carboxylic acids is 1. The van der Waals surface area contributed by atoms with Gasteiger partial charge in [-0.1, -0.05) is 44.2 Å². The first-order valence-corrected chi connectivity index (χ1v) is 7.56. The summed E-state index contributed by atoms with van der Waals surface area (Å²) in [6, 6.07) is 10.1. The number of amides is 2. The van der Waals surface area contributed by atoms with E-state index < -0.39 is 0 Å². The van der Waals surface area contributed by atoms with E-state index in [-0.39, 0.29) is 17.5 Å². The van der Waals surface area contributed by atoms with Gasteiger partial charge >= 0.3 is 6.03 Å². The van der Waals surface area contributed by atoms with E-state index in [4.69, 9.17) is 0 Å². The first kappa shape index (κ1) is 16.1. The first-order chi connectivity index (χ1) is 10.5. The van der Waals surface area contributed by atoms with Crippen LogP contribution in [-0.4, -0.2) is 28.2 Å². The molecule has 2 rings (SSSR count). The molecular formula is C17H24N4O. The lowest BCUT2D eigenvalue weighted by molar-refractivity contribution is 0.231. The van der Waals surface area contributed by atoms with Gasteiger partial charge in [-0.25, -0.2) is 9.78 Å². The summed E-state index contributed by atoms with van der Waals surface area (Å²) < 4.78 is 1.93. The summed E-state index contributed by atoms with van der Waals surface area (Å²) in [6.07, 6.45) is 5.34. The molecule has 1 atom stereocenters. The van der Waals surface area contributed by atoms with Gasteiger partial charge in [0, 0.05) is 36.9 Å². The smallest absolute Gasteiger partial charge is 0.315 e. The molecule has 0 fully saturated rings. The molecule has 0 bridgehead atoms.